The van der Waals surface area contributed by atoms with Crippen LogP contribution in [0.2, 0.25) is 0 Å². The van der Waals surface area contributed by atoms with Gasteiger partial charge in [-0.1, -0.05) is 34.1 Å². The summed E-state index contributed by atoms with van der Waals surface area (Å²) < 4.78 is 2.75. The maximum Gasteiger partial charge on any atom is 0.250 e. The standard InChI is InChI=1S/C15H13BrN4/c1-10-7-11(2)19-15(18-10)20-9-12(8-17-20)13-5-3-4-6-14(13)16/h3-9H,1-2H3. The number of nitrogens with zero attached hydrogens (tertiary/aromatic N) is 4. The third-order valence-electron chi connectivity index (χ3n) is 2.94. The first-order valence-corrected chi connectivity index (χ1v) is 7.05. The summed E-state index contributed by atoms with van der Waals surface area (Å²) in [6.07, 6.45) is 3.76. The van der Waals surface area contributed by atoms with E-state index in [9.17, 15) is 0 Å². The van der Waals surface area contributed by atoms with E-state index < -0.39 is 0 Å². The van der Waals surface area contributed by atoms with E-state index in [1.807, 2.05) is 56.6 Å². The Kier molecular flexibility index (Phi) is 3.36. The van der Waals surface area contributed by atoms with Crippen LogP contribution in [0.5, 0.6) is 0 Å². The number of benzene rings is 1. The monoisotopic (exact) mass is 328 g/mol. The average molecular weight is 329 g/mol. The van der Waals surface area contributed by atoms with Crippen LogP contribution in [-0.4, -0.2) is 19.7 Å². The van der Waals surface area contributed by atoms with Crippen molar-refractivity contribution in [3.8, 4) is 17.1 Å². The van der Waals surface area contributed by atoms with E-state index >= 15 is 0 Å². The van der Waals surface area contributed by atoms with Crippen molar-refractivity contribution in [2.75, 3.05) is 0 Å². The van der Waals surface area contributed by atoms with Gasteiger partial charge < -0.3 is 0 Å². The fraction of sp³-hybridized carbons (Fsp3) is 0.133. The molecule has 0 aliphatic heterocycles. The largest absolute Gasteiger partial charge is 0.250 e. The highest BCUT2D eigenvalue weighted by Crippen LogP contribution is 2.27. The Balaban J connectivity index is 2.04. The van der Waals surface area contributed by atoms with E-state index in [0.29, 0.717) is 5.95 Å². The Morgan fingerprint density at radius 3 is 2.45 bits per heavy atom. The van der Waals surface area contributed by atoms with Crippen LogP contribution in [0.1, 0.15) is 11.4 Å². The highest BCUT2D eigenvalue weighted by molar-refractivity contribution is 9.10. The van der Waals surface area contributed by atoms with Gasteiger partial charge in [-0.25, -0.2) is 14.6 Å². The molecule has 5 heteroatoms. The van der Waals surface area contributed by atoms with Crippen LogP contribution >= 0.6 is 15.9 Å². The number of halogens is 1. The molecule has 3 rings (SSSR count). The van der Waals surface area contributed by atoms with Crippen LogP contribution < -0.4 is 0 Å². The molecule has 3 aromatic rings. The van der Waals surface area contributed by atoms with Gasteiger partial charge in [-0.05, 0) is 31.5 Å². The van der Waals surface area contributed by atoms with Crippen LogP contribution in [0.4, 0.5) is 0 Å². The molecule has 0 spiro atoms. The van der Waals surface area contributed by atoms with Crippen molar-refractivity contribution in [1.82, 2.24) is 19.7 Å². The molecule has 4 nitrogen and oxygen atoms in total. The second kappa shape index (κ2) is 5.17. The number of aryl methyl sites for hydroxylation is 2. The SMILES string of the molecule is Cc1cc(C)nc(-n2cc(-c3ccccc3Br)cn2)n1. The van der Waals surface area contributed by atoms with Gasteiger partial charge in [-0.15, -0.1) is 0 Å². The normalized spacial score (nSPS) is 10.8. The van der Waals surface area contributed by atoms with Gasteiger partial charge in [0.15, 0.2) is 0 Å². The number of hydrogen-bond acceptors (Lipinski definition) is 3. The topological polar surface area (TPSA) is 43.6 Å². The summed E-state index contributed by atoms with van der Waals surface area (Å²) in [7, 11) is 0. The zero-order valence-corrected chi connectivity index (χ0v) is 12.8. The molecule has 0 radical (unpaired) electrons. The van der Waals surface area contributed by atoms with Crippen LogP contribution in [0.3, 0.4) is 0 Å². The lowest BCUT2D eigenvalue weighted by Gasteiger charge is -2.02. The maximum atomic E-state index is 4.41. The molecule has 0 aliphatic carbocycles. The lowest BCUT2D eigenvalue weighted by Crippen LogP contribution is -2.03. The molecule has 20 heavy (non-hydrogen) atoms. The van der Waals surface area contributed by atoms with Gasteiger partial charge in [0.2, 0.25) is 0 Å². The third kappa shape index (κ3) is 2.49. The minimum absolute atomic E-state index is 0.598. The molecule has 0 unspecified atom stereocenters. The van der Waals surface area contributed by atoms with Crippen molar-refractivity contribution in [1.29, 1.82) is 0 Å². The van der Waals surface area contributed by atoms with Crippen LogP contribution in [0.25, 0.3) is 17.1 Å². The molecular weight excluding hydrogens is 316 g/mol. The Morgan fingerprint density at radius 2 is 1.75 bits per heavy atom. The van der Waals surface area contributed by atoms with Crippen LogP contribution in [0, 0.1) is 13.8 Å². The summed E-state index contributed by atoms with van der Waals surface area (Å²) in [5.41, 5.74) is 4.00. The zero-order chi connectivity index (χ0) is 14.1. The van der Waals surface area contributed by atoms with Crippen molar-refractivity contribution in [2.24, 2.45) is 0 Å². The van der Waals surface area contributed by atoms with Gasteiger partial charge in [-0.2, -0.15) is 5.10 Å². The van der Waals surface area contributed by atoms with E-state index in [1.165, 1.54) is 0 Å². The summed E-state index contributed by atoms with van der Waals surface area (Å²) in [4.78, 5) is 8.82. The Morgan fingerprint density at radius 1 is 1.05 bits per heavy atom. The first kappa shape index (κ1) is 13.0. The van der Waals surface area contributed by atoms with E-state index in [2.05, 4.69) is 31.0 Å². The predicted molar refractivity (Wildman–Crippen MR) is 81.8 cm³/mol. The highest BCUT2D eigenvalue weighted by atomic mass is 79.9. The molecule has 0 N–H and O–H groups in total. The second-order valence-electron chi connectivity index (χ2n) is 4.60. The van der Waals surface area contributed by atoms with E-state index in [4.69, 9.17) is 0 Å². The van der Waals surface area contributed by atoms with Gasteiger partial charge in [0, 0.05) is 27.6 Å². The maximum absolute atomic E-state index is 4.41. The number of aromatic nitrogens is 4. The Labute approximate surface area is 125 Å². The fourth-order valence-electron chi connectivity index (χ4n) is 2.08. The Hall–Kier alpha value is -2.01. The smallest absolute Gasteiger partial charge is 0.216 e. The van der Waals surface area contributed by atoms with E-state index in [1.54, 1.807) is 4.68 Å². The van der Waals surface area contributed by atoms with Crippen molar-refractivity contribution < 1.29 is 0 Å². The van der Waals surface area contributed by atoms with Gasteiger partial charge in [0.05, 0.1) is 6.20 Å². The predicted octanol–water partition coefficient (Wildman–Crippen LogP) is 3.71. The summed E-state index contributed by atoms with van der Waals surface area (Å²) in [5, 5.41) is 4.36. The molecule has 100 valence electrons. The van der Waals surface area contributed by atoms with Gasteiger partial charge in [0.1, 0.15) is 0 Å². The summed E-state index contributed by atoms with van der Waals surface area (Å²) >= 11 is 3.55. The lowest BCUT2D eigenvalue weighted by molar-refractivity contribution is 0.794. The molecule has 2 heterocycles. The molecule has 0 fully saturated rings. The number of hydrogen-bond donors (Lipinski definition) is 0. The van der Waals surface area contributed by atoms with Gasteiger partial charge in [0.25, 0.3) is 5.95 Å². The second-order valence-corrected chi connectivity index (χ2v) is 5.46. The molecule has 0 amide bonds. The average Bonchev–Trinajstić information content (AvgIpc) is 2.87. The van der Waals surface area contributed by atoms with Crippen LogP contribution in [0.15, 0.2) is 47.2 Å². The first-order valence-electron chi connectivity index (χ1n) is 6.26. The van der Waals surface area contributed by atoms with Crippen molar-refractivity contribution in [3.05, 3.63) is 58.6 Å². The first-order chi connectivity index (χ1) is 9.63. The molecule has 2 aromatic heterocycles. The van der Waals surface area contributed by atoms with E-state index in [-0.39, 0.29) is 0 Å². The molecule has 0 atom stereocenters. The van der Waals surface area contributed by atoms with Gasteiger partial charge >= 0.3 is 0 Å². The van der Waals surface area contributed by atoms with Crippen molar-refractivity contribution in [2.45, 2.75) is 13.8 Å². The summed E-state index contributed by atoms with van der Waals surface area (Å²) in [5.74, 6) is 0.598. The van der Waals surface area contributed by atoms with Crippen molar-refractivity contribution >= 4 is 15.9 Å². The quantitative estimate of drug-likeness (QED) is 0.720. The summed E-state index contributed by atoms with van der Waals surface area (Å²) in [6.45, 7) is 3.91. The fourth-order valence-corrected chi connectivity index (χ4v) is 2.59. The molecule has 0 bridgehead atoms. The molecule has 0 saturated carbocycles. The molecule has 0 aliphatic rings. The molecule has 1 aromatic carbocycles. The highest BCUT2D eigenvalue weighted by Gasteiger charge is 2.08. The number of rotatable bonds is 2. The van der Waals surface area contributed by atoms with Crippen LogP contribution in [-0.2, 0) is 0 Å². The Bertz CT molecular complexity index is 744. The minimum atomic E-state index is 0.598. The van der Waals surface area contributed by atoms with Crippen molar-refractivity contribution in [3.63, 3.8) is 0 Å². The molecular formula is C15H13BrN4. The van der Waals surface area contributed by atoms with Gasteiger partial charge in [-0.3, -0.25) is 0 Å². The molecule has 0 saturated heterocycles. The van der Waals surface area contributed by atoms with E-state index in [0.717, 1.165) is 27.0 Å². The lowest BCUT2D eigenvalue weighted by atomic mass is 10.1. The minimum Gasteiger partial charge on any atom is -0.216 e. The third-order valence-corrected chi connectivity index (χ3v) is 3.63. The zero-order valence-electron chi connectivity index (χ0n) is 11.2. The summed E-state index contributed by atoms with van der Waals surface area (Å²) in [6, 6.07) is 10.0.